The molecule has 1 aromatic carbocycles. The monoisotopic (exact) mass is 275 g/mol. The van der Waals surface area contributed by atoms with E-state index in [2.05, 4.69) is 11.9 Å². The van der Waals surface area contributed by atoms with Crippen LogP contribution in [0.15, 0.2) is 36.4 Å². The van der Waals surface area contributed by atoms with Crippen molar-refractivity contribution in [3.63, 3.8) is 0 Å². The van der Waals surface area contributed by atoms with Gasteiger partial charge in [0.2, 0.25) is 0 Å². The highest BCUT2D eigenvalue weighted by atomic mass is 16.5. The smallest absolute Gasteiger partial charge is 0.327 e. The van der Waals surface area contributed by atoms with Gasteiger partial charge in [-0.3, -0.25) is 10.3 Å². The summed E-state index contributed by atoms with van der Waals surface area (Å²) in [6.07, 6.45) is 1.87. The quantitative estimate of drug-likeness (QED) is 0.456. The summed E-state index contributed by atoms with van der Waals surface area (Å²) < 4.78 is 5.56. The number of rotatable bonds is 7. The lowest BCUT2D eigenvalue weighted by atomic mass is 10.2. The Labute approximate surface area is 119 Å². The molecule has 2 amide bonds. The van der Waals surface area contributed by atoms with E-state index in [1.165, 1.54) is 4.90 Å². The molecule has 108 valence electrons. The zero-order valence-electron chi connectivity index (χ0n) is 12.0. The molecule has 0 spiro atoms. The largest absolute Gasteiger partial charge is 0.489 e. The topological polar surface area (TPSA) is 65.4 Å². The number of amides is 2. The van der Waals surface area contributed by atoms with Crippen molar-refractivity contribution in [2.24, 2.45) is 0 Å². The molecule has 0 aromatic heterocycles. The predicted molar refractivity (Wildman–Crippen MR) is 81.7 cm³/mol. The molecule has 0 fully saturated rings. The molecule has 0 aliphatic heterocycles. The summed E-state index contributed by atoms with van der Waals surface area (Å²) in [5.41, 5.74) is 1.64. The number of urea groups is 1. The highest BCUT2D eigenvalue weighted by Gasteiger charge is 2.12. The number of ether oxygens (including phenoxy) is 1. The first-order valence-electron chi connectivity index (χ1n) is 6.59. The maximum atomic E-state index is 11.7. The fourth-order valence-electron chi connectivity index (χ4n) is 1.48. The molecular formula is C15H21N3O2. The van der Waals surface area contributed by atoms with Crippen LogP contribution >= 0.6 is 0 Å². The maximum absolute atomic E-state index is 11.7. The third kappa shape index (κ3) is 4.42. The van der Waals surface area contributed by atoms with Gasteiger partial charge in [-0.15, -0.1) is 0 Å². The van der Waals surface area contributed by atoms with Crippen LogP contribution in [0.3, 0.4) is 0 Å². The molecule has 5 heteroatoms. The number of benzene rings is 1. The molecule has 0 aliphatic carbocycles. The van der Waals surface area contributed by atoms with E-state index in [0.717, 1.165) is 18.3 Å². The second-order valence-electron chi connectivity index (χ2n) is 4.22. The second-order valence-corrected chi connectivity index (χ2v) is 4.22. The molecule has 0 bridgehead atoms. The van der Waals surface area contributed by atoms with Gasteiger partial charge in [0.25, 0.3) is 0 Å². The van der Waals surface area contributed by atoms with E-state index in [-0.39, 0.29) is 6.03 Å². The Morgan fingerprint density at radius 3 is 2.55 bits per heavy atom. The van der Waals surface area contributed by atoms with Crippen LogP contribution in [0.5, 0.6) is 5.75 Å². The van der Waals surface area contributed by atoms with Crippen molar-refractivity contribution in [3.05, 3.63) is 36.4 Å². The van der Waals surface area contributed by atoms with E-state index < -0.39 is 0 Å². The van der Waals surface area contributed by atoms with Gasteiger partial charge in [-0.2, -0.15) is 0 Å². The first-order chi connectivity index (χ1) is 9.62. The van der Waals surface area contributed by atoms with Crippen LogP contribution in [-0.2, 0) is 0 Å². The van der Waals surface area contributed by atoms with Crippen molar-refractivity contribution >= 4 is 18.1 Å². The van der Waals surface area contributed by atoms with Crippen LogP contribution in [0.25, 0.3) is 0 Å². The minimum Gasteiger partial charge on any atom is -0.489 e. The van der Waals surface area contributed by atoms with Gasteiger partial charge >= 0.3 is 6.03 Å². The van der Waals surface area contributed by atoms with Crippen LogP contribution in [-0.4, -0.2) is 25.5 Å². The van der Waals surface area contributed by atoms with E-state index in [9.17, 15) is 4.79 Å². The van der Waals surface area contributed by atoms with Gasteiger partial charge in [-0.25, -0.2) is 4.79 Å². The molecule has 1 aromatic rings. The molecule has 2 N–H and O–H groups in total. The molecule has 0 saturated heterocycles. The molecular weight excluding hydrogens is 254 g/mol. The van der Waals surface area contributed by atoms with Gasteiger partial charge in [0.05, 0.1) is 12.0 Å². The van der Waals surface area contributed by atoms with Crippen molar-refractivity contribution in [3.8, 4) is 5.75 Å². The highest BCUT2D eigenvalue weighted by Crippen LogP contribution is 2.19. The Balaban J connectivity index is 2.71. The van der Waals surface area contributed by atoms with Crippen molar-refractivity contribution in [2.75, 3.05) is 18.1 Å². The Hall–Kier alpha value is -2.30. The van der Waals surface area contributed by atoms with Gasteiger partial charge in [0.1, 0.15) is 12.4 Å². The zero-order valence-corrected chi connectivity index (χ0v) is 12.0. The molecule has 0 unspecified atom stereocenters. The summed E-state index contributed by atoms with van der Waals surface area (Å²) >= 11 is 0. The highest BCUT2D eigenvalue weighted by molar-refractivity contribution is 6.06. The Morgan fingerprint density at radius 1 is 1.40 bits per heavy atom. The molecule has 0 atom stereocenters. The number of nitrogens with zero attached hydrogens (tertiary/aromatic N) is 1. The van der Waals surface area contributed by atoms with Crippen LogP contribution in [0.4, 0.5) is 10.5 Å². The average molecular weight is 275 g/mol. The minimum atomic E-state index is -0.324. The molecule has 1 rings (SSSR count). The number of carbonyl (C=O) groups is 1. The summed E-state index contributed by atoms with van der Waals surface area (Å²) in [7, 11) is 0. The standard InChI is InChI=1S/C15H21N3O2/c1-4-12(3)10-20-14-8-6-13(7-9-14)18(11-16)15(19)17-5-2/h6-9,11,16H,3-5,10H2,1-2H3,(H,17,19). The number of hydrogen-bond acceptors (Lipinski definition) is 3. The fraction of sp³-hybridized carbons (Fsp3) is 0.333. The normalized spacial score (nSPS) is 9.70. The summed E-state index contributed by atoms with van der Waals surface area (Å²) in [5.74, 6) is 0.712. The summed E-state index contributed by atoms with van der Waals surface area (Å²) in [5, 5.41) is 9.97. The van der Waals surface area contributed by atoms with Crippen molar-refractivity contribution in [2.45, 2.75) is 20.3 Å². The molecule has 0 aliphatic rings. The van der Waals surface area contributed by atoms with Crippen molar-refractivity contribution in [1.29, 1.82) is 5.41 Å². The van der Waals surface area contributed by atoms with E-state index in [0.29, 0.717) is 24.6 Å². The van der Waals surface area contributed by atoms with Gasteiger partial charge < -0.3 is 10.1 Å². The first kappa shape index (κ1) is 15.8. The lowest BCUT2D eigenvalue weighted by Crippen LogP contribution is -2.38. The molecule has 5 nitrogen and oxygen atoms in total. The second kappa shape index (κ2) is 7.99. The van der Waals surface area contributed by atoms with Crippen molar-refractivity contribution < 1.29 is 9.53 Å². The minimum absolute atomic E-state index is 0.324. The molecule has 0 heterocycles. The van der Waals surface area contributed by atoms with E-state index in [1.807, 2.05) is 13.8 Å². The lowest BCUT2D eigenvalue weighted by Gasteiger charge is -2.17. The van der Waals surface area contributed by atoms with Crippen LogP contribution in [0.2, 0.25) is 0 Å². The van der Waals surface area contributed by atoms with Gasteiger partial charge in [-0.05, 0) is 43.2 Å². The van der Waals surface area contributed by atoms with Crippen molar-refractivity contribution in [1.82, 2.24) is 5.32 Å². The number of hydrogen-bond donors (Lipinski definition) is 2. The predicted octanol–water partition coefficient (Wildman–Crippen LogP) is 3.17. The van der Waals surface area contributed by atoms with Gasteiger partial charge in [0.15, 0.2) is 0 Å². The number of carbonyl (C=O) groups excluding carboxylic acids is 1. The van der Waals surface area contributed by atoms with E-state index >= 15 is 0 Å². The number of anilines is 1. The lowest BCUT2D eigenvalue weighted by molar-refractivity contribution is 0.249. The van der Waals surface area contributed by atoms with E-state index in [1.54, 1.807) is 24.3 Å². The average Bonchev–Trinajstić information content (AvgIpc) is 2.47. The summed E-state index contributed by atoms with van der Waals surface area (Å²) in [6.45, 7) is 8.74. The SMILES string of the molecule is C=C(CC)COc1ccc(N(C=N)C(=O)NCC)cc1. The fourth-order valence-corrected chi connectivity index (χ4v) is 1.48. The molecule has 0 radical (unpaired) electrons. The van der Waals surface area contributed by atoms with Gasteiger partial charge in [0, 0.05) is 6.54 Å². The van der Waals surface area contributed by atoms with Crippen LogP contribution in [0.1, 0.15) is 20.3 Å². The Kier molecular flexibility index (Phi) is 6.29. The Morgan fingerprint density at radius 2 is 2.05 bits per heavy atom. The van der Waals surface area contributed by atoms with E-state index in [4.69, 9.17) is 10.1 Å². The Bertz CT molecular complexity index is 469. The summed E-state index contributed by atoms with van der Waals surface area (Å²) in [4.78, 5) is 13.0. The summed E-state index contributed by atoms with van der Waals surface area (Å²) in [6, 6.07) is 6.70. The molecule has 20 heavy (non-hydrogen) atoms. The maximum Gasteiger partial charge on any atom is 0.327 e. The van der Waals surface area contributed by atoms with Gasteiger partial charge in [-0.1, -0.05) is 13.5 Å². The first-order valence-corrected chi connectivity index (χ1v) is 6.59. The van der Waals surface area contributed by atoms with Crippen LogP contribution < -0.4 is 15.0 Å². The molecule has 0 saturated carbocycles. The third-order valence-corrected chi connectivity index (χ3v) is 2.73. The zero-order chi connectivity index (χ0) is 15.0. The third-order valence-electron chi connectivity index (χ3n) is 2.73. The number of nitrogens with one attached hydrogen (secondary N) is 2. The van der Waals surface area contributed by atoms with Crippen LogP contribution in [0, 0.1) is 5.41 Å².